The van der Waals surface area contributed by atoms with Gasteiger partial charge in [-0.3, -0.25) is 4.79 Å². The van der Waals surface area contributed by atoms with Gasteiger partial charge < -0.3 is 19.3 Å². The Bertz CT molecular complexity index is 1440. The maximum atomic E-state index is 13.9. The van der Waals surface area contributed by atoms with Crippen LogP contribution in [0.5, 0.6) is 5.75 Å². The van der Waals surface area contributed by atoms with E-state index in [0.717, 1.165) is 23.1 Å². The molecule has 5 rings (SSSR count). The number of hydrogen-bond donors (Lipinski definition) is 0. The van der Waals surface area contributed by atoms with Crippen LogP contribution in [-0.4, -0.2) is 53.0 Å². The summed E-state index contributed by atoms with van der Waals surface area (Å²) >= 11 is 0. The molecule has 1 aromatic heterocycles. The monoisotopic (exact) mass is 556 g/mol. The quantitative estimate of drug-likeness (QED) is 0.388. The fourth-order valence-electron chi connectivity index (χ4n) is 5.14. The van der Waals surface area contributed by atoms with Crippen LogP contribution in [0.2, 0.25) is 0 Å². The summed E-state index contributed by atoms with van der Waals surface area (Å²) in [6.07, 6.45) is -3.57. The van der Waals surface area contributed by atoms with Gasteiger partial charge in [0.05, 0.1) is 18.3 Å². The molecule has 8 nitrogen and oxygen atoms in total. The van der Waals surface area contributed by atoms with Crippen molar-refractivity contribution in [1.82, 2.24) is 14.7 Å². The predicted molar refractivity (Wildman–Crippen MR) is 142 cm³/mol. The lowest BCUT2D eigenvalue weighted by atomic mass is 10.0. The van der Waals surface area contributed by atoms with Crippen molar-refractivity contribution in [1.29, 1.82) is 0 Å². The predicted octanol–water partition coefficient (Wildman–Crippen LogP) is 5.96. The third kappa shape index (κ3) is 4.89. The summed E-state index contributed by atoms with van der Waals surface area (Å²) in [6, 6.07) is 13.6. The van der Waals surface area contributed by atoms with Crippen LogP contribution in [0.15, 0.2) is 48.5 Å². The molecule has 0 radical (unpaired) electrons. The number of methoxy groups -OCH3 is 1. The smallest absolute Gasteiger partial charge is 0.435 e. The van der Waals surface area contributed by atoms with Crippen LogP contribution in [0.25, 0.3) is 5.69 Å². The zero-order valence-corrected chi connectivity index (χ0v) is 23.0. The molecule has 2 aromatic carbocycles. The summed E-state index contributed by atoms with van der Waals surface area (Å²) < 4.78 is 53.4. The first-order chi connectivity index (χ1) is 18.7. The number of nitrogens with zero attached hydrogens (tertiary/aromatic N) is 4. The van der Waals surface area contributed by atoms with Crippen molar-refractivity contribution in [2.24, 2.45) is 0 Å². The van der Waals surface area contributed by atoms with Crippen LogP contribution in [0.4, 0.5) is 23.7 Å². The lowest BCUT2D eigenvalue weighted by Gasteiger charge is -2.32. The summed E-state index contributed by atoms with van der Waals surface area (Å²) in [6.45, 7) is 5.51. The molecule has 40 heavy (non-hydrogen) atoms. The Morgan fingerprint density at radius 2 is 1.60 bits per heavy atom. The number of fused-ring (bicyclic) bond motifs is 1. The minimum Gasteiger partial charge on any atom is -0.497 e. The van der Waals surface area contributed by atoms with Crippen molar-refractivity contribution in [2.45, 2.75) is 57.3 Å². The summed E-state index contributed by atoms with van der Waals surface area (Å²) in [5, 5.41) is 3.84. The van der Waals surface area contributed by atoms with Gasteiger partial charge in [-0.25, -0.2) is 9.48 Å². The SMILES string of the molecule is COc1ccc(-n2nc(C(F)(F)F)c3c2C(=O)N(c2ccc(C4(N(C)C(=O)OC(C)(C)C)CC4)cc2)CC3)cc1. The highest BCUT2D eigenvalue weighted by Crippen LogP contribution is 2.51. The van der Waals surface area contributed by atoms with Gasteiger partial charge in [0.2, 0.25) is 0 Å². The summed E-state index contributed by atoms with van der Waals surface area (Å²) in [4.78, 5) is 29.5. The molecule has 0 N–H and O–H groups in total. The van der Waals surface area contributed by atoms with Crippen molar-refractivity contribution < 1.29 is 32.2 Å². The second kappa shape index (κ2) is 9.57. The molecule has 1 aliphatic carbocycles. The molecule has 0 spiro atoms. The summed E-state index contributed by atoms with van der Waals surface area (Å²) in [7, 11) is 3.20. The summed E-state index contributed by atoms with van der Waals surface area (Å²) in [5.74, 6) is -0.0422. The maximum Gasteiger partial charge on any atom is 0.435 e. The van der Waals surface area contributed by atoms with E-state index in [4.69, 9.17) is 9.47 Å². The average Bonchev–Trinajstić information content (AvgIpc) is 3.60. The van der Waals surface area contributed by atoms with Gasteiger partial charge in [-0.05, 0) is 82.0 Å². The number of carbonyl (C=O) groups excluding carboxylic acids is 2. The zero-order valence-electron chi connectivity index (χ0n) is 23.0. The molecule has 2 amide bonds. The van der Waals surface area contributed by atoms with Crippen LogP contribution in [0, 0.1) is 0 Å². The van der Waals surface area contributed by atoms with Crippen molar-refractivity contribution >= 4 is 17.7 Å². The molecule has 0 atom stereocenters. The lowest BCUT2D eigenvalue weighted by Crippen LogP contribution is -2.41. The highest BCUT2D eigenvalue weighted by molar-refractivity contribution is 6.07. The third-order valence-corrected chi connectivity index (χ3v) is 7.35. The van der Waals surface area contributed by atoms with E-state index in [1.807, 2.05) is 32.9 Å². The number of hydrogen-bond acceptors (Lipinski definition) is 5. The zero-order chi connectivity index (χ0) is 29.0. The van der Waals surface area contributed by atoms with Crippen molar-refractivity contribution in [3.05, 3.63) is 71.0 Å². The van der Waals surface area contributed by atoms with Gasteiger partial charge in [-0.15, -0.1) is 0 Å². The highest BCUT2D eigenvalue weighted by atomic mass is 19.4. The van der Waals surface area contributed by atoms with Crippen LogP contribution in [-0.2, 0) is 22.9 Å². The molecule has 212 valence electrons. The van der Waals surface area contributed by atoms with Crippen molar-refractivity contribution in [3.63, 3.8) is 0 Å². The molecule has 0 saturated heterocycles. The second-order valence-electron chi connectivity index (χ2n) is 11.1. The second-order valence-corrected chi connectivity index (χ2v) is 11.1. The van der Waals surface area contributed by atoms with E-state index in [-0.39, 0.29) is 24.2 Å². The van der Waals surface area contributed by atoms with E-state index in [0.29, 0.717) is 17.1 Å². The van der Waals surface area contributed by atoms with Gasteiger partial charge in [0.15, 0.2) is 5.69 Å². The lowest BCUT2D eigenvalue weighted by molar-refractivity contribution is -0.141. The third-order valence-electron chi connectivity index (χ3n) is 7.35. The first kappa shape index (κ1) is 27.5. The largest absolute Gasteiger partial charge is 0.497 e. The molecular formula is C29H31F3N4O4. The Balaban J connectivity index is 1.45. The molecule has 11 heteroatoms. The van der Waals surface area contributed by atoms with E-state index in [1.54, 1.807) is 48.3 Å². The Hall–Kier alpha value is -4.02. The number of alkyl halides is 3. The van der Waals surface area contributed by atoms with Gasteiger partial charge in [0.1, 0.15) is 17.0 Å². The molecular weight excluding hydrogens is 525 g/mol. The number of carbonyl (C=O) groups is 2. The van der Waals surface area contributed by atoms with Crippen LogP contribution in [0.3, 0.4) is 0 Å². The normalized spacial score (nSPS) is 16.4. The number of aromatic nitrogens is 2. The van der Waals surface area contributed by atoms with E-state index in [2.05, 4.69) is 5.10 Å². The van der Waals surface area contributed by atoms with E-state index >= 15 is 0 Å². The average molecular weight is 557 g/mol. The molecule has 1 saturated carbocycles. The number of anilines is 1. The van der Waals surface area contributed by atoms with Crippen LogP contribution >= 0.6 is 0 Å². The number of rotatable bonds is 5. The first-order valence-electron chi connectivity index (χ1n) is 13.0. The molecule has 0 bridgehead atoms. The van der Waals surface area contributed by atoms with Crippen LogP contribution < -0.4 is 9.64 Å². The van der Waals surface area contributed by atoms with Crippen molar-refractivity contribution in [3.8, 4) is 11.4 Å². The van der Waals surface area contributed by atoms with Gasteiger partial charge in [-0.1, -0.05) is 12.1 Å². The number of benzene rings is 2. The molecule has 2 aliphatic rings. The Labute approximate surface area is 230 Å². The van der Waals surface area contributed by atoms with Crippen LogP contribution in [0.1, 0.15) is 60.9 Å². The molecule has 1 fully saturated rings. The molecule has 0 unspecified atom stereocenters. The van der Waals surface area contributed by atoms with Gasteiger partial charge >= 0.3 is 12.3 Å². The standard InChI is InChI=1S/C29H31F3N4O4/c1-27(2,3)40-26(38)34(4)28(15-16-28)18-6-8-19(9-7-18)35-17-14-22-23(25(35)37)36(33-24(22)29(30,31)32)20-10-12-21(39-5)13-11-20/h6-13H,14-17H2,1-5H3. The number of halogens is 3. The number of ether oxygens (including phenoxy) is 2. The van der Waals surface area contributed by atoms with Gasteiger partial charge in [0, 0.05) is 24.8 Å². The van der Waals surface area contributed by atoms with Crippen molar-refractivity contribution in [2.75, 3.05) is 25.6 Å². The number of amides is 2. The topological polar surface area (TPSA) is 76.9 Å². The Morgan fingerprint density at radius 3 is 2.12 bits per heavy atom. The molecule has 3 aromatic rings. The first-order valence-corrected chi connectivity index (χ1v) is 13.0. The Morgan fingerprint density at radius 1 is 1.00 bits per heavy atom. The Kier molecular flexibility index (Phi) is 6.59. The van der Waals surface area contributed by atoms with Gasteiger partial charge in [0.25, 0.3) is 5.91 Å². The summed E-state index contributed by atoms with van der Waals surface area (Å²) in [5.41, 5.74) is -0.629. The van der Waals surface area contributed by atoms with E-state index < -0.39 is 35.0 Å². The fraction of sp³-hybridized carbons (Fsp3) is 0.414. The molecule has 2 heterocycles. The van der Waals surface area contributed by atoms with E-state index in [1.165, 1.54) is 12.0 Å². The van der Waals surface area contributed by atoms with E-state index in [9.17, 15) is 22.8 Å². The highest BCUT2D eigenvalue weighted by Gasteiger charge is 2.51. The minimum absolute atomic E-state index is 0.000851. The maximum absolute atomic E-state index is 13.9. The minimum atomic E-state index is -4.70. The molecule has 1 aliphatic heterocycles. The van der Waals surface area contributed by atoms with Gasteiger partial charge in [-0.2, -0.15) is 18.3 Å². The fourth-order valence-corrected chi connectivity index (χ4v) is 5.14.